The highest BCUT2D eigenvalue weighted by molar-refractivity contribution is 9.10. The minimum Gasteiger partial charge on any atom is -0.495 e. The van der Waals surface area contributed by atoms with Crippen molar-refractivity contribution in [2.45, 2.75) is 25.5 Å². The number of methoxy groups -OCH3 is 1. The second kappa shape index (κ2) is 5.54. The van der Waals surface area contributed by atoms with Gasteiger partial charge in [0.2, 0.25) is 0 Å². The zero-order valence-corrected chi connectivity index (χ0v) is 13.7. The largest absolute Gasteiger partial charge is 0.495 e. The van der Waals surface area contributed by atoms with Gasteiger partial charge in [-0.25, -0.2) is 9.38 Å². The summed E-state index contributed by atoms with van der Waals surface area (Å²) in [4.78, 5) is 4.51. The highest BCUT2D eigenvalue weighted by Crippen LogP contribution is 2.25. The van der Waals surface area contributed by atoms with Crippen LogP contribution in [-0.4, -0.2) is 27.5 Å². The Morgan fingerprint density at radius 2 is 2.16 bits per heavy atom. The quantitative estimate of drug-likeness (QED) is 0.626. The fraction of sp³-hybridized carbons (Fsp3) is 0.385. The average Bonchev–Trinajstić information content (AvgIpc) is 2.70. The predicted molar refractivity (Wildman–Crippen MR) is 84.4 cm³/mol. The Bertz CT molecular complexity index is 616. The highest BCUT2D eigenvalue weighted by Gasteiger charge is 2.10. The van der Waals surface area contributed by atoms with Crippen molar-refractivity contribution in [3.05, 3.63) is 28.6 Å². The minimum absolute atomic E-state index is 0.111. The summed E-state index contributed by atoms with van der Waals surface area (Å²) in [6.45, 7) is 6.38. The number of rotatable bonds is 3. The third kappa shape index (κ3) is 3.73. The van der Waals surface area contributed by atoms with Gasteiger partial charge < -0.3 is 9.14 Å². The molecule has 0 aromatic carbocycles. The van der Waals surface area contributed by atoms with E-state index in [0.29, 0.717) is 0 Å². The molecule has 6 heteroatoms. The fourth-order valence-corrected chi connectivity index (χ4v) is 2.46. The van der Waals surface area contributed by atoms with E-state index in [9.17, 15) is 0 Å². The van der Waals surface area contributed by atoms with Gasteiger partial charge in [-0.3, -0.25) is 0 Å². The molecule has 2 rings (SSSR count). The fourth-order valence-electron chi connectivity index (χ4n) is 1.46. The Balaban J connectivity index is 2.29. The van der Waals surface area contributed by atoms with E-state index in [-0.39, 0.29) is 4.75 Å². The molecule has 102 valence electrons. The third-order valence-corrected chi connectivity index (χ3v) is 3.59. The number of halogens is 1. The Morgan fingerprint density at radius 3 is 2.79 bits per heavy atom. The van der Waals surface area contributed by atoms with Crippen molar-refractivity contribution in [3.8, 4) is 5.75 Å². The molecule has 2 aromatic rings. The van der Waals surface area contributed by atoms with Gasteiger partial charge in [0.15, 0.2) is 5.65 Å². The number of fused-ring (bicyclic) bond motifs is 1. The molecule has 0 fully saturated rings. The molecule has 19 heavy (non-hydrogen) atoms. The summed E-state index contributed by atoms with van der Waals surface area (Å²) in [6.07, 6.45) is 5.60. The molecular formula is C13H16BrN3OS. The van der Waals surface area contributed by atoms with Crippen LogP contribution >= 0.6 is 27.9 Å². The highest BCUT2D eigenvalue weighted by atomic mass is 79.9. The van der Waals surface area contributed by atoms with Crippen molar-refractivity contribution in [2.24, 2.45) is 4.40 Å². The van der Waals surface area contributed by atoms with Crippen LogP contribution in [0, 0.1) is 0 Å². The molecule has 2 aromatic heterocycles. The lowest BCUT2D eigenvalue weighted by molar-refractivity contribution is 0.412. The summed E-state index contributed by atoms with van der Waals surface area (Å²) in [5, 5.41) is 0. The first-order chi connectivity index (χ1) is 8.89. The van der Waals surface area contributed by atoms with Crippen LogP contribution in [0.15, 0.2) is 27.3 Å². The molecule has 0 atom stereocenters. The van der Waals surface area contributed by atoms with Gasteiger partial charge in [0.1, 0.15) is 11.4 Å². The van der Waals surface area contributed by atoms with Gasteiger partial charge in [0.25, 0.3) is 0 Å². The van der Waals surface area contributed by atoms with Crippen LogP contribution in [0.4, 0.5) is 0 Å². The zero-order chi connectivity index (χ0) is 14.0. The van der Waals surface area contributed by atoms with E-state index in [1.54, 1.807) is 13.3 Å². The Labute approximate surface area is 125 Å². The van der Waals surface area contributed by atoms with Crippen LogP contribution in [0.5, 0.6) is 5.75 Å². The van der Waals surface area contributed by atoms with E-state index in [4.69, 9.17) is 4.74 Å². The number of aromatic nitrogens is 2. The molecule has 0 amide bonds. The standard InChI is InChI=1S/C13H16BrN3OS/c1-13(2,3)19-15-6-9-7-17-8-10(18-4)5-11(14)12(17)16-9/h5-8H,1-4H3/b15-6+. The number of imidazole rings is 1. The molecule has 2 heterocycles. The predicted octanol–water partition coefficient (Wildman–Crippen LogP) is 3.97. The van der Waals surface area contributed by atoms with Gasteiger partial charge in [-0.15, -0.1) is 0 Å². The van der Waals surface area contributed by atoms with Crippen molar-refractivity contribution in [1.29, 1.82) is 0 Å². The molecule has 0 spiro atoms. The molecule has 0 aliphatic heterocycles. The van der Waals surface area contributed by atoms with Gasteiger partial charge in [-0.2, -0.15) is 0 Å². The molecule has 0 saturated heterocycles. The van der Waals surface area contributed by atoms with E-state index in [0.717, 1.165) is 21.6 Å². The lowest BCUT2D eigenvalue weighted by Gasteiger charge is -2.11. The number of ether oxygens (including phenoxy) is 1. The summed E-state index contributed by atoms with van der Waals surface area (Å²) in [5.74, 6) is 0.782. The summed E-state index contributed by atoms with van der Waals surface area (Å²) in [6, 6.07) is 1.90. The van der Waals surface area contributed by atoms with E-state index < -0.39 is 0 Å². The van der Waals surface area contributed by atoms with E-state index in [1.807, 2.05) is 22.9 Å². The number of hydrogen-bond acceptors (Lipinski definition) is 4. The summed E-state index contributed by atoms with van der Waals surface area (Å²) >= 11 is 5.02. The first-order valence-electron chi connectivity index (χ1n) is 5.83. The van der Waals surface area contributed by atoms with Crippen molar-refractivity contribution >= 4 is 39.7 Å². The zero-order valence-electron chi connectivity index (χ0n) is 11.3. The lowest BCUT2D eigenvalue weighted by atomic mass is 10.3. The third-order valence-electron chi connectivity index (χ3n) is 2.25. The molecule has 0 aliphatic rings. The van der Waals surface area contributed by atoms with Gasteiger partial charge >= 0.3 is 0 Å². The summed E-state index contributed by atoms with van der Waals surface area (Å²) in [7, 11) is 1.65. The number of nitrogens with zero attached hydrogens (tertiary/aromatic N) is 3. The maximum Gasteiger partial charge on any atom is 0.152 e. The normalized spacial score (nSPS) is 12.5. The van der Waals surface area contributed by atoms with Crippen LogP contribution < -0.4 is 4.74 Å². The molecule has 0 aliphatic carbocycles. The van der Waals surface area contributed by atoms with Crippen LogP contribution in [0.25, 0.3) is 5.65 Å². The molecule has 0 radical (unpaired) electrons. The topological polar surface area (TPSA) is 38.9 Å². The Hall–Kier alpha value is -1.01. The van der Waals surface area contributed by atoms with Crippen molar-refractivity contribution in [1.82, 2.24) is 9.38 Å². The minimum atomic E-state index is 0.111. The number of pyridine rings is 1. The van der Waals surface area contributed by atoms with Gasteiger partial charge in [-0.1, -0.05) is 0 Å². The Kier molecular flexibility index (Phi) is 4.20. The van der Waals surface area contributed by atoms with Crippen LogP contribution in [0.1, 0.15) is 26.5 Å². The summed E-state index contributed by atoms with van der Waals surface area (Å²) < 4.78 is 12.5. The molecule has 0 saturated carbocycles. The monoisotopic (exact) mass is 341 g/mol. The molecule has 0 bridgehead atoms. The smallest absolute Gasteiger partial charge is 0.152 e. The van der Waals surface area contributed by atoms with E-state index >= 15 is 0 Å². The van der Waals surface area contributed by atoms with E-state index in [2.05, 4.69) is 46.1 Å². The lowest BCUT2D eigenvalue weighted by Crippen LogP contribution is -2.04. The Morgan fingerprint density at radius 1 is 1.42 bits per heavy atom. The van der Waals surface area contributed by atoms with Crippen molar-refractivity contribution < 1.29 is 4.74 Å². The number of hydrogen-bond donors (Lipinski definition) is 0. The maximum atomic E-state index is 5.22. The molecule has 4 nitrogen and oxygen atoms in total. The van der Waals surface area contributed by atoms with E-state index in [1.165, 1.54) is 11.9 Å². The molecular weight excluding hydrogens is 326 g/mol. The van der Waals surface area contributed by atoms with Crippen LogP contribution in [0.3, 0.4) is 0 Å². The second-order valence-electron chi connectivity index (χ2n) is 5.06. The van der Waals surface area contributed by atoms with Gasteiger partial charge in [0, 0.05) is 10.9 Å². The maximum absolute atomic E-state index is 5.22. The van der Waals surface area contributed by atoms with Crippen LogP contribution in [-0.2, 0) is 0 Å². The molecule has 0 N–H and O–H groups in total. The average molecular weight is 342 g/mol. The first-order valence-corrected chi connectivity index (χ1v) is 7.39. The first kappa shape index (κ1) is 14.4. The van der Waals surface area contributed by atoms with Crippen molar-refractivity contribution in [3.63, 3.8) is 0 Å². The van der Waals surface area contributed by atoms with Crippen LogP contribution in [0.2, 0.25) is 0 Å². The van der Waals surface area contributed by atoms with Gasteiger partial charge in [0.05, 0.1) is 24.0 Å². The second-order valence-corrected chi connectivity index (χ2v) is 7.54. The van der Waals surface area contributed by atoms with Crippen molar-refractivity contribution in [2.75, 3.05) is 7.11 Å². The SMILES string of the molecule is COc1cc(Br)c2nc(/C=N/SC(C)(C)C)cn2c1. The molecule has 0 unspecified atom stereocenters. The summed E-state index contributed by atoms with van der Waals surface area (Å²) in [5.41, 5.74) is 1.67. The van der Waals surface area contributed by atoms with Gasteiger partial charge in [-0.05, 0) is 54.7 Å².